The van der Waals surface area contributed by atoms with Crippen molar-refractivity contribution in [1.29, 1.82) is 0 Å². The van der Waals surface area contributed by atoms with E-state index in [1.165, 1.54) is 12.5 Å². The molecule has 1 N–H and O–H groups in total. The molecular weight excluding hydrogens is 316 g/mol. The highest BCUT2D eigenvalue weighted by atomic mass is 32.2. The van der Waals surface area contributed by atoms with E-state index in [1.807, 2.05) is 0 Å². The summed E-state index contributed by atoms with van der Waals surface area (Å²) in [5.41, 5.74) is 0. The number of likely N-dealkylation sites (N-methyl/N-ethyl adjacent to an activating group) is 1. The van der Waals surface area contributed by atoms with Crippen LogP contribution in [0, 0.1) is 0 Å². The van der Waals surface area contributed by atoms with Crippen molar-refractivity contribution in [3.63, 3.8) is 0 Å². The van der Waals surface area contributed by atoms with Crippen molar-refractivity contribution in [1.82, 2.24) is 14.6 Å². The summed E-state index contributed by atoms with van der Waals surface area (Å²) in [5, 5.41) is 0. The fraction of sp³-hybridized carbons (Fsp3) is 0.400. The van der Waals surface area contributed by atoms with E-state index in [9.17, 15) is 8.42 Å². The quantitative estimate of drug-likeness (QED) is 0.874. The van der Waals surface area contributed by atoms with Gasteiger partial charge in [0.15, 0.2) is 0 Å². The average Bonchev–Trinajstić information content (AvgIpc) is 3.08. The monoisotopic (exact) mass is 336 g/mol. The van der Waals surface area contributed by atoms with E-state index in [0.29, 0.717) is 5.76 Å². The molecule has 8 heteroatoms. The molecule has 23 heavy (non-hydrogen) atoms. The second-order valence-corrected chi connectivity index (χ2v) is 7.31. The van der Waals surface area contributed by atoms with E-state index in [4.69, 9.17) is 4.42 Å². The Morgan fingerprint density at radius 1 is 1.22 bits per heavy atom. The molecule has 124 valence electrons. The Labute approximate surface area is 136 Å². The number of pyridine rings is 1. The van der Waals surface area contributed by atoms with E-state index in [0.717, 1.165) is 32.0 Å². The maximum atomic E-state index is 12.2. The zero-order chi connectivity index (χ0) is 16.3. The third-order valence-corrected chi connectivity index (χ3v) is 5.26. The fourth-order valence-electron chi connectivity index (χ4n) is 2.42. The van der Waals surface area contributed by atoms with Crippen molar-refractivity contribution in [3.05, 3.63) is 42.5 Å². The molecule has 1 aliphatic rings. The van der Waals surface area contributed by atoms with Crippen molar-refractivity contribution >= 4 is 15.8 Å². The van der Waals surface area contributed by atoms with Crippen molar-refractivity contribution in [3.8, 4) is 0 Å². The minimum Gasteiger partial charge on any atom is -0.468 e. The Hall–Kier alpha value is -1.90. The Kier molecular flexibility index (Phi) is 4.65. The molecule has 0 bridgehead atoms. The van der Waals surface area contributed by atoms with Gasteiger partial charge in [0.1, 0.15) is 16.5 Å². The summed E-state index contributed by atoms with van der Waals surface area (Å²) in [4.78, 5) is 8.88. The van der Waals surface area contributed by atoms with Crippen LogP contribution < -0.4 is 9.62 Å². The standard InChI is InChI=1S/C15H20N4O3S/c1-18-6-8-19(9-7-18)15-5-4-14(12-16-15)23(20,21)17-11-13-3-2-10-22-13/h2-5,10,12,17H,6-9,11H2,1H3. The number of furan rings is 1. The first-order chi connectivity index (χ1) is 11.0. The van der Waals surface area contributed by atoms with E-state index in [2.05, 4.69) is 26.6 Å². The van der Waals surface area contributed by atoms with Crippen LogP contribution in [0.15, 0.2) is 46.0 Å². The molecule has 0 aliphatic carbocycles. The molecule has 1 aliphatic heterocycles. The SMILES string of the molecule is CN1CCN(c2ccc(S(=O)(=O)NCc3ccco3)cn2)CC1. The topological polar surface area (TPSA) is 78.7 Å². The van der Waals surface area contributed by atoms with Gasteiger partial charge in [0, 0.05) is 32.4 Å². The van der Waals surface area contributed by atoms with Crippen LogP contribution >= 0.6 is 0 Å². The normalized spacial score (nSPS) is 16.7. The van der Waals surface area contributed by atoms with Crippen molar-refractivity contribution in [2.45, 2.75) is 11.4 Å². The molecule has 7 nitrogen and oxygen atoms in total. The molecular formula is C15H20N4O3S. The maximum absolute atomic E-state index is 12.2. The highest BCUT2D eigenvalue weighted by Gasteiger charge is 2.18. The first-order valence-electron chi connectivity index (χ1n) is 7.46. The molecule has 0 spiro atoms. The predicted molar refractivity (Wildman–Crippen MR) is 86.7 cm³/mol. The number of sulfonamides is 1. The number of rotatable bonds is 5. The van der Waals surface area contributed by atoms with Crippen molar-refractivity contribution in [2.75, 3.05) is 38.1 Å². The third-order valence-electron chi connectivity index (χ3n) is 3.87. The molecule has 2 aromatic rings. The molecule has 0 atom stereocenters. The Morgan fingerprint density at radius 3 is 2.61 bits per heavy atom. The molecule has 1 saturated heterocycles. The average molecular weight is 336 g/mol. The van der Waals surface area contributed by atoms with Crippen LogP contribution in [0.5, 0.6) is 0 Å². The Bertz CT molecular complexity index is 721. The smallest absolute Gasteiger partial charge is 0.242 e. The van der Waals surface area contributed by atoms with Gasteiger partial charge in [-0.2, -0.15) is 0 Å². The lowest BCUT2D eigenvalue weighted by Crippen LogP contribution is -2.44. The molecule has 3 heterocycles. The molecule has 0 radical (unpaired) electrons. The summed E-state index contributed by atoms with van der Waals surface area (Å²) >= 11 is 0. The van der Waals surface area contributed by atoms with Gasteiger partial charge in [-0.05, 0) is 31.3 Å². The van der Waals surface area contributed by atoms with Crippen LogP contribution in [-0.2, 0) is 16.6 Å². The number of nitrogens with one attached hydrogen (secondary N) is 1. The van der Waals surface area contributed by atoms with E-state index in [-0.39, 0.29) is 11.4 Å². The van der Waals surface area contributed by atoms with E-state index in [1.54, 1.807) is 24.3 Å². The molecule has 3 rings (SSSR count). The number of anilines is 1. The first kappa shape index (κ1) is 16.0. The van der Waals surface area contributed by atoms with Crippen LogP contribution in [0.25, 0.3) is 0 Å². The number of hydrogen-bond donors (Lipinski definition) is 1. The van der Waals surface area contributed by atoms with E-state index >= 15 is 0 Å². The zero-order valence-electron chi connectivity index (χ0n) is 13.0. The Morgan fingerprint density at radius 2 is 2.00 bits per heavy atom. The second-order valence-electron chi connectivity index (χ2n) is 5.55. The molecule has 0 aromatic carbocycles. The summed E-state index contributed by atoms with van der Waals surface area (Å²) in [7, 11) is -1.50. The fourth-order valence-corrected chi connectivity index (χ4v) is 3.35. The number of piperazine rings is 1. The van der Waals surface area contributed by atoms with Gasteiger partial charge in [-0.15, -0.1) is 0 Å². The van der Waals surface area contributed by atoms with Crippen LogP contribution in [0.2, 0.25) is 0 Å². The summed E-state index contributed by atoms with van der Waals surface area (Å²) in [6, 6.07) is 6.78. The number of aromatic nitrogens is 1. The summed E-state index contributed by atoms with van der Waals surface area (Å²) in [6.07, 6.45) is 2.91. The summed E-state index contributed by atoms with van der Waals surface area (Å²) in [5.74, 6) is 1.37. The highest BCUT2D eigenvalue weighted by molar-refractivity contribution is 7.89. The van der Waals surface area contributed by atoms with Gasteiger partial charge in [-0.25, -0.2) is 18.1 Å². The van der Waals surface area contributed by atoms with Crippen LogP contribution in [0.4, 0.5) is 5.82 Å². The Balaban J connectivity index is 1.66. The third kappa shape index (κ3) is 3.90. The highest BCUT2D eigenvalue weighted by Crippen LogP contribution is 2.16. The van der Waals surface area contributed by atoms with Gasteiger partial charge < -0.3 is 14.2 Å². The molecule has 0 unspecified atom stereocenters. The van der Waals surface area contributed by atoms with Crippen LogP contribution in [-0.4, -0.2) is 51.5 Å². The summed E-state index contributed by atoms with van der Waals surface area (Å²) < 4.78 is 32.1. The van der Waals surface area contributed by atoms with E-state index < -0.39 is 10.0 Å². The minimum atomic E-state index is -3.59. The largest absolute Gasteiger partial charge is 0.468 e. The zero-order valence-corrected chi connectivity index (χ0v) is 13.8. The van der Waals surface area contributed by atoms with Crippen molar-refractivity contribution < 1.29 is 12.8 Å². The first-order valence-corrected chi connectivity index (χ1v) is 8.94. The molecule has 2 aromatic heterocycles. The minimum absolute atomic E-state index is 0.121. The predicted octanol–water partition coefficient (Wildman–Crippen LogP) is 0.905. The number of hydrogen-bond acceptors (Lipinski definition) is 6. The second kappa shape index (κ2) is 6.69. The lowest BCUT2D eigenvalue weighted by atomic mass is 10.3. The van der Waals surface area contributed by atoms with Gasteiger partial charge in [0.2, 0.25) is 10.0 Å². The molecule has 0 amide bonds. The lowest BCUT2D eigenvalue weighted by molar-refractivity contribution is 0.312. The number of nitrogens with zero attached hydrogens (tertiary/aromatic N) is 3. The van der Waals surface area contributed by atoms with Gasteiger partial charge in [-0.3, -0.25) is 0 Å². The van der Waals surface area contributed by atoms with Crippen LogP contribution in [0.3, 0.4) is 0 Å². The lowest BCUT2D eigenvalue weighted by Gasteiger charge is -2.33. The van der Waals surface area contributed by atoms with Crippen LogP contribution in [0.1, 0.15) is 5.76 Å². The van der Waals surface area contributed by atoms with Gasteiger partial charge in [-0.1, -0.05) is 0 Å². The van der Waals surface area contributed by atoms with Gasteiger partial charge >= 0.3 is 0 Å². The molecule has 1 fully saturated rings. The van der Waals surface area contributed by atoms with Gasteiger partial charge in [0.05, 0.1) is 12.8 Å². The molecule has 0 saturated carbocycles. The maximum Gasteiger partial charge on any atom is 0.242 e. The summed E-state index contributed by atoms with van der Waals surface area (Å²) in [6.45, 7) is 3.87. The van der Waals surface area contributed by atoms with Crippen molar-refractivity contribution in [2.24, 2.45) is 0 Å². The van der Waals surface area contributed by atoms with Gasteiger partial charge in [0.25, 0.3) is 0 Å².